The van der Waals surface area contributed by atoms with Crippen molar-refractivity contribution in [2.75, 3.05) is 0 Å². The molecule has 42 heavy (non-hydrogen) atoms. The monoisotopic (exact) mass is 566 g/mol. The number of allylic oxidation sites excluding steroid dienone is 21. The van der Waals surface area contributed by atoms with Crippen molar-refractivity contribution in [3.63, 3.8) is 0 Å². The first-order chi connectivity index (χ1) is 19.6. The maximum atomic E-state index is 12.2. The summed E-state index contributed by atoms with van der Waals surface area (Å²) in [6, 6.07) is 0. The van der Waals surface area contributed by atoms with Crippen molar-refractivity contribution >= 4 is 5.78 Å². The number of ketones is 1. The molecule has 0 spiro atoms. The molecular weight excluding hydrogens is 512 g/mol. The Morgan fingerprint density at radius 3 is 1.62 bits per heavy atom. The van der Waals surface area contributed by atoms with E-state index < -0.39 is 0 Å². The summed E-state index contributed by atoms with van der Waals surface area (Å²) in [5, 5.41) is 10.3. The third-order valence-electron chi connectivity index (χ3n) is 8.52. The van der Waals surface area contributed by atoms with Crippen LogP contribution >= 0.6 is 0 Å². The molecule has 0 saturated carbocycles. The lowest BCUT2D eigenvalue weighted by atomic mass is 9.71. The number of aliphatic hydroxyl groups is 1. The number of aliphatic hydroxyl groups excluding tert-OH is 1. The van der Waals surface area contributed by atoms with Gasteiger partial charge in [0.15, 0.2) is 5.78 Å². The molecule has 1 atom stereocenters. The summed E-state index contributed by atoms with van der Waals surface area (Å²) in [4.78, 5) is 12.2. The van der Waals surface area contributed by atoms with Crippen LogP contribution in [0.4, 0.5) is 0 Å². The number of Topliss-reactive ketones (excluding diaryl/α,β-unsaturated/α-hetero) is 1. The van der Waals surface area contributed by atoms with Gasteiger partial charge < -0.3 is 5.11 Å². The van der Waals surface area contributed by atoms with Gasteiger partial charge in [0, 0.05) is 6.42 Å². The van der Waals surface area contributed by atoms with E-state index in [0.29, 0.717) is 6.42 Å². The molecule has 0 amide bonds. The molecule has 0 aromatic rings. The Morgan fingerprint density at radius 1 is 0.667 bits per heavy atom. The summed E-state index contributed by atoms with van der Waals surface area (Å²) >= 11 is 0. The second-order valence-electron chi connectivity index (χ2n) is 13.3. The lowest BCUT2D eigenvalue weighted by molar-refractivity contribution is -0.116. The van der Waals surface area contributed by atoms with Crippen LogP contribution in [0.1, 0.15) is 94.9 Å². The van der Waals surface area contributed by atoms with Crippen molar-refractivity contribution in [1.82, 2.24) is 0 Å². The summed E-state index contributed by atoms with van der Waals surface area (Å²) in [7, 11) is 0. The quantitative estimate of drug-likeness (QED) is 0.267. The van der Waals surface area contributed by atoms with Crippen molar-refractivity contribution in [2.24, 2.45) is 10.8 Å². The Hall–Kier alpha value is -3.23. The minimum Gasteiger partial charge on any atom is -0.389 e. The molecule has 0 aromatic carbocycles. The largest absolute Gasteiger partial charge is 0.389 e. The molecule has 1 unspecified atom stereocenters. The van der Waals surface area contributed by atoms with Crippen molar-refractivity contribution in [1.29, 1.82) is 0 Å². The van der Waals surface area contributed by atoms with Gasteiger partial charge in [0.25, 0.3) is 0 Å². The van der Waals surface area contributed by atoms with E-state index in [1.165, 1.54) is 22.3 Å². The van der Waals surface area contributed by atoms with Gasteiger partial charge in [0.1, 0.15) is 0 Å². The molecule has 0 aromatic heterocycles. The van der Waals surface area contributed by atoms with Crippen LogP contribution in [0.5, 0.6) is 0 Å². The molecule has 0 aliphatic heterocycles. The average molecular weight is 567 g/mol. The third kappa shape index (κ3) is 10.9. The Balaban J connectivity index is 1.92. The highest BCUT2D eigenvalue weighted by Gasteiger charge is 2.31. The highest BCUT2D eigenvalue weighted by molar-refractivity contribution is 5.97. The molecule has 2 nitrogen and oxygen atoms in total. The smallest absolute Gasteiger partial charge is 0.158 e. The zero-order valence-electron chi connectivity index (χ0n) is 27.8. The highest BCUT2D eigenvalue weighted by atomic mass is 16.3. The van der Waals surface area contributed by atoms with Gasteiger partial charge in [-0.1, -0.05) is 135 Å². The SMILES string of the molecule is CC(C=CC1=C(C)C(O)CCC1(C)C)=CC=CC(C)=C/C=C/C=C(C)/C=C/C=C(C)/C=C/C1=C(C)C(=O)CCC1(C)C. The van der Waals surface area contributed by atoms with Crippen molar-refractivity contribution in [3.8, 4) is 0 Å². The number of carbonyl (C=O) groups excluding carboxylic acids is 1. The summed E-state index contributed by atoms with van der Waals surface area (Å²) in [5.41, 5.74) is 9.24. The molecule has 2 heteroatoms. The maximum Gasteiger partial charge on any atom is 0.158 e. The van der Waals surface area contributed by atoms with Gasteiger partial charge in [0.2, 0.25) is 0 Å². The first kappa shape index (κ1) is 35.0. The standard InChI is InChI=1S/C40H54O2/c1-29(17-13-19-31(3)21-23-35-33(5)37(41)25-27-39(35,7)8)15-11-12-16-30(2)18-14-20-32(4)22-24-36-34(6)38(42)26-28-40(36,9)10/h11-24,37,41H,25-28H2,1-10H3/b12-11+,17-13?,18-14+,23-21?,24-22+,29-15?,30-16+,31-19?,32-20+. The molecule has 2 rings (SSSR count). The third-order valence-corrected chi connectivity index (χ3v) is 8.52. The highest BCUT2D eigenvalue weighted by Crippen LogP contribution is 2.41. The van der Waals surface area contributed by atoms with Crippen LogP contribution in [0.15, 0.2) is 130 Å². The molecule has 0 heterocycles. The molecule has 2 aliphatic rings. The maximum absolute atomic E-state index is 12.2. The van der Waals surface area contributed by atoms with Gasteiger partial charge >= 0.3 is 0 Å². The first-order valence-corrected chi connectivity index (χ1v) is 15.4. The lowest BCUT2D eigenvalue weighted by Crippen LogP contribution is -2.27. The van der Waals surface area contributed by atoms with Gasteiger partial charge in [-0.15, -0.1) is 0 Å². The average Bonchev–Trinajstić information content (AvgIpc) is 2.91. The van der Waals surface area contributed by atoms with E-state index >= 15 is 0 Å². The number of hydrogen-bond donors (Lipinski definition) is 1. The minimum absolute atomic E-state index is 0.0428. The van der Waals surface area contributed by atoms with E-state index in [4.69, 9.17) is 0 Å². The number of hydrogen-bond acceptors (Lipinski definition) is 2. The van der Waals surface area contributed by atoms with Crippen LogP contribution in [0.3, 0.4) is 0 Å². The fourth-order valence-electron chi connectivity index (χ4n) is 5.45. The Morgan fingerprint density at radius 2 is 1.10 bits per heavy atom. The van der Waals surface area contributed by atoms with Crippen LogP contribution in [-0.2, 0) is 4.79 Å². The van der Waals surface area contributed by atoms with Crippen LogP contribution in [-0.4, -0.2) is 17.0 Å². The normalized spacial score (nSPS) is 23.3. The van der Waals surface area contributed by atoms with E-state index in [1.807, 2.05) is 6.92 Å². The molecule has 226 valence electrons. The first-order valence-electron chi connectivity index (χ1n) is 15.4. The van der Waals surface area contributed by atoms with Crippen LogP contribution in [0.25, 0.3) is 0 Å². The molecule has 1 N–H and O–H groups in total. The van der Waals surface area contributed by atoms with Crippen molar-refractivity contribution < 1.29 is 9.90 Å². The van der Waals surface area contributed by atoms with Gasteiger partial charge in [-0.3, -0.25) is 4.79 Å². The molecule has 0 fully saturated rings. The van der Waals surface area contributed by atoms with E-state index in [9.17, 15) is 9.90 Å². The number of carbonyl (C=O) groups is 1. The summed E-state index contributed by atoms with van der Waals surface area (Å²) in [5.74, 6) is 0.273. The zero-order valence-corrected chi connectivity index (χ0v) is 27.8. The Bertz CT molecular complexity index is 1330. The van der Waals surface area contributed by atoms with Crippen molar-refractivity contribution in [3.05, 3.63) is 130 Å². The zero-order chi connectivity index (χ0) is 31.5. The molecule has 2 aliphatic carbocycles. The van der Waals surface area contributed by atoms with E-state index in [1.54, 1.807) is 0 Å². The fraction of sp³-hybridized carbons (Fsp3) is 0.425. The Kier molecular flexibility index (Phi) is 13.2. The van der Waals surface area contributed by atoms with Gasteiger partial charge in [-0.05, 0) is 93.9 Å². The minimum atomic E-state index is -0.318. The van der Waals surface area contributed by atoms with E-state index in [2.05, 4.69) is 147 Å². The predicted molar refractivity (Wildman–Crippen MR) is 183 cm³/mol. The lowest BCUT2D eigenvalue weighted by Gasteiger charge is -2.35. The second-order valence-corrected chi connectivity index (χ2v) is 13.3. The Labute approximate surface area is 256 Å². The molecule has 0 bridgehead atoms. The van der Waals surface area contributed by atoms with Crippen LogP contribution in [0, 0.1) is 10.8 Å². The summed E-state index contributed by atoms with van der Waals surface area (Å²) in [6.07, 6.45) is 32.6. The molecular formula is C40H54O2. The molecule has 0 radical (unpaired) electrons. The second kappa shape index (κ2) is 15.8. The van der Waals surface area contributed by atoms with Gasteiger partial charge in [0.05, 0.1) is 6.10 Å². The topological polar surface area (TPSA) is 37.3 Å². The van der Waals surface area contributed by atoms with Crippen LogP contribution in [0.2, 0.25) is 0 Å². The van der Waals surface area contributed by atoms with Gasteiger partial charge in [-0.25, -0.2) is 0 Å². The van der Waals surface area contributed by atoms with Crippen LogP contribution < -0.4 is 0 Å². The summed E-state index contributed by atoms with van der Waals surface area (Å²) in [6.45, 7) is 21.4. The van der Waals surface area contributed by atoms with Gasteiger partial charge in [-0.2, -0.15) is 0 Å². The molecule has 0 saturated heterocycles. The predicted octanol–water partition coefficient (Wildman–Crippen LogP) is 10.8. The van der Waals surface area contributed by atoms with E-state index in [0.717, 1.165) is 41.6 Å². The van der Waals surface area contributed by atoms with Crippen molar-refractivity contribution in [2.45, 2.75) is 101 Å². The fourth-order valence-corrected chi connectivity index (χ4v) is 5.45. The van der Waals surface area contributed by atoms with E-state index in [-0.39, 0.29) is 22.7 Å². The summed E-state index contributed by atoms with van der Waals surface area (Å²) < 4.78 is 0. The number of rotatable bonds is 10.